The third kappa shape index (κ3) is 4.20. The van der Waals surface area contributed by atoms with Crippen LogP contribution in [0.3, 0.4) is 0 Å². The molecule has 0 bridgehead atoms. The number of halogens is 1. The summed E-state index contributed by atoms with van der Waals surface area (Å²) in [5, 5.41) is 17.0. The lowest BCUT2D eigenvalue weighted by Gasteiger charge is -2.15. The number of carbonyl (C=O) groups excluding carboxylic acids is 1. The zero-order valence-electron chi connectivity index (χ0n) is 11.7. The molecule has 0 saturated heterocycles. The molecule has 1 amide bonds. The molecule has 2 N–H and O–H groups in total. The van der Waals surface area contributed by atoms with Crippen LogP contribution in [0.25, 0.3) is 0 Å². The van der Waals surface area contributed by atoms with E-state index in [0.717, 1.165) is 0 Å². The second-order valence-corrected chi connectivity index (χ2v) is 5.11. The van der Waals surface area contributed by atoms with Gasteiger partial charge in [0.05, 0.1) is 4.92 Å². The van der Waals surface area contributed by atoms with Gasteiger partial charge in [-0.2, -0.15) is 0 Å². The molecule has 0 saturated carbocycles. The smallest absolute Gasteiger partial charge is 0.271 e. The molecule has 2 rings (SSSR count). The fourth-order valence-electron chi connectivity index (χ4n) is 1.81. The van der Waals surface area contributed by atoms with Crippen LogP contribution in [0.1, 0.15) is 6.92 Å². The largest absolute Gasteiger partial charge is 0.374 e. The highest BCUT2D eigenvalue weighted by atomic mass is 35.5. The standard InChI is InChI=1S/C15H14ClN3O3/c1-10(15(20)18-12-7-5-11(16)6-8-12)17-13-3-2-4-14(9-13)19(21)22/h2-10,17H,1H3,(H,18,20)/t10-/m0/s1. The lowest BCUT2D eigenvalue weighted by atomic mass is 10.2. The Morgan fingerprint density at radius 3 is 2.50 bits per heavy atom. The van der Waals surface area contributed by atoms with Crippen LogP contribution in [0.5, 0.6) is 0 Å². The fourth-order valence-corrected chi connectivity index (χ4v) is 1.93. The Kier molecular flexibility index (Phi) is 4.95. The summed E-state index contributed by atoms with van der Waals surface area (Å²) in [7, 11) is 0. The van der Waals surface area contributed by atoms with E-state index in [1.165, 1.54) is 12.1 Å². The lowest BCUT2D eigenvalue weighted by Crippen LogP contribution is -2.31. The molecule has 0 unspecified atom stereocenters. The molecule has 0 spiro atoms. The number of nitro benzene ring substituents is 1. The molecule has 6 nitrogen and oxygen atoms in total. The van der Waals surface area contributed by atoms with Gasteiger partial charge in [-0.15, -0.1) is 0 Å². The Morgan fingerprint density at radius 2 is 1.86 bits per heavy atom. The maximum atomic E-state index is 12.1. The minimum atomic E-state index is -0.558. The summed E-state index contributed by atoms with van der Waals surface area (Å²) in [4.78, 5) is 22.3. The van der Waals surface area contributed by atoms with Crippen LogP contribution in [-0.4, -0.2) is 16.9 Å². The number of rotatable bonds is 5. The SMILES string of the molecule is C[C@H](Nc1cccc([N+](=O)[O-])c1)C(=O)Nc1ccc(Cl)cc1. The van der Waals surface area contributed by atoms with E-state index in [-0.39, 0.29) is 11.6 Å². The first kappa shape index (κ1) is 15.8. The summed E-state index contributed by atoms with van der Waals surface area (Å²) in [6, 6.07) is 12.2. The summed E-state index contributed by atoms with van der Waals surface area (Å²) in [5.74, 6) is -0.256. The molecule has 0 aliphatic heterocycles. The molecule has 0 radical (unpaired) electrons. The van der Waals surface area contributed by atoms with Gasteiger partial charge >= 0.3 is 0 Å². The zero-order valence-corrected chi connectivity index (χ0v) is 12.5. The van der Waals surface area contributed by atoms with Gasteiger partial charge < -0.3 is 10.6 Å². The number of amides is 1. The quantitative estimate of drug-likeness (QED) is 0.650. The zero-order chi connectivity index (χ0) is 16.1. The number of hydrogen-bond donors (Lipinski definition) is 2. The maximum Gasteiger partial charge on any atom is 0.271 e. The van der Waals surface area contributed by atoms with Crippen molar-refractivity contribution in [1.82, 2.24) is 0 Å². The number of hydrogen-bond acceptors (Lipinski definition) is 4. The molecule has 22 heavy (non-hydrogen) atoms. The Morgan fingerprint density at radius 1 is 1.18 bits per heavy atom. The first-order valence-corrected chi connectivity index (χ1v) is 6.91. The number of anilines is 2. The van der Waals surface area contributed by atoms with Gasteiger partial charge in [0.15, 0.2) is 0 Å². The number of carbonyl (C=O) groups is 1. The van der Waals surface area contributed by atoms with Crippen molar-refractivity contribution in [2.75, 3.05) is 10.6 Å². The number of nitro groups is 1. The van der Waals surface area contributed by atoms with Crippen LogP contribution < -0.4 is 10.6 Å². The second-order valence-electron chi connectivity index (χ2n) is 4.67. The van der Waals surface area contributed by atoms with Crippen molar-refractivity contribution in [2.24, 2.45) is 0 Å². The van der Waals surface area contributed by atoms with E-state index in [2.05, 4.69) is 10.6 Å². The van der Waals surface area contributed by atoms with E-state index in [1.807, 2.05) is 0 Å². The number of nitrogens with one attached hydrogen (secondary N) is 2. The van der Waals surface area contributed by atoms with Crippen molar-refractivity contribution >= 4 is 34.6 Å². The predicted octanol–water partition coefficient (Wildman–Crippen LogP) is 3.69. The van der Waals surface area contributed by atoms with Crippen LogP contribution in [0.15, 0.2) is 48.5 Å². The first-order chi connectivity index (χ1) is 10.5. The van der Waals surface area contributed by atoms with Crippen molar-refractivity contribution in [2.45, 2.75) is 13.0 Å². The maximum absolute atomic E-state index is 12.1. The average Bonchev–Trinajstić information content (AvgIpc) is 2.49. The molecule has 0 heterocycles. The molecular formula is C15H14ClN3O3. The van der Waals surface area contributed by atoms with E-state index in [1.54, 1.807) is 43.3 Å². The third-order valence-electron chi connectivity index (χ3n) is 2.95. The van der Waals surface area contributed by atoms with E-state index >= 15 is 0 Å². The Labute approximate surface area is 132 Å². The van der Waals surface area contributed by atoms with Crippen LogP contribution in [-0.2, 0) is 4.79 Å². The van der Waals surface area contributed by atoms with Gasteiger partial charge in [-0.1, -0.05) is 17.7 Å². The third-order valence-corrected chi connectivity index (χ3v) is 3.20. The summed E-state index contributed by atoms with van der Waals surface area (Å²) in [6.07, 6.45) is 0. The monoisotopic (exact) mass is 319 g/mol. The van der Waals surface area contributed by atoms with E-state index in [4.69, 9.17) is 11.6 Å². The summed E-state index contributed by atoms with van der Waals surface area (Å²) >= 11 is 5.78. The van der Waals surface area contributed by atoms with Crippen molar-refractivity contribution in [1.29, 1.82) is 0 Å². The summed E-state index contributed by atoms with van der Waals surface area (Å²) < 4.78 is 0. The van der Waals surface area contributed by atoms with Gasteiger partial charge in [0, 0.05) is 28.5 Å². The first-order valence-electron chi connectivity index (χ1n) is 6.53. The lowest BCUT2D eigenvalue weighted by molar-refractivity contribution is -0.384. The molecule has 7 heteroatoms. The number of nitrogens with zero attached hydrogens (tertiary/aromatic N) is 1. The molecule has 2 aromatic rings. The highest BCUT2D eigenvalue weighted by Gasteiger charge is 2.14. The summed E-state index contributed by atoms with van der Waals surface area (Å²) in [6.45, 7) is 1.67. The molecule has 2 aromatic carbocycles. The Bertz CT molecular complexity index is 689. The molecule has 114 valence electrons. The number of benzene rings is 2. The van der Waals surface area contributed by atoms with Gasteiger partial charge in [0.2, 0.25) is 5.91 Å². The molecule has 0 aliphatic rings. The molecule has 1 atom stereocenters. The van der Waals surface area contributed by atoms with E-state index < -0.39 is 11.0 Å². The van der Waals surface area contributed by atoms with Crippen molar-refractivity contribution in [3.8, 4) is 0 Å². The van der Waals surface area contributed by atoms with Gasteiger partial charge in [-0.25, -0.2) is 0 Å². The Balaban J connectivity index is 2.00. The highest BCUT2D eigenvalue weighted by Crippen LogP contribution is 2.18. The van der Waals surface area contributed by atoms with Crippen molar-refractivity contribution in [3.63, 3.8) is 0 Å². The fraction of sp³-hybridized carbons (Fsp3) is 0.133. The molecule has 0 aliphatic carbocycles. The summed E-state index contributed by atoms with van der Waals surface area (Å²) in [5.41, 5.74) is 1.10. The highest BCUT2D eigenvalue weighted by molar-refractivity contribution is 6.30. The van der Waals surface area contributed by atoms with E-state index in [0.29, 0.717) is 16.4 Å². The van der Waals surface area contributed by atoms with Gasteiger partial charge in [0.1, 0.15) is 6.04 Å². The van der Waals surface area contributed by atoms with Gasteiger partial charge in [-0.3, -0.25) is 14.9 Å². The minimum absolute atomic E-state index is 0.0321. The predicted molar refractivity (Wildman–Crippen MR) is 86.3 cm³/mol. The number of non-ortho nitro benzene ring substituents is 1. The normalized spacial score (nSPS) is 11.5. The van der Waals surface area contributed by atoms with Gasteiger partial charge in [0.25, 0.3) is 5.69 Å². The minimum Gasteiger partial charge on any atom is -0.374 e. The van der Waals surface area contributed by atoms with E-state index in [9.17, 15) is 14.9 Å². The molecule has 0 fully saturated rings. The molecule has 0 aromatic heterocycles. The molecular weight excluding hydrogens is 306 g/mol. The van der Waals surface area contributed by atoms with Crippen LogP contribution in [0.4, 0.5) is 17.1 Å². The Hall–Kier alpha value is -2.60. The van der Waals surface area contributed by atoms with Crippen LogP contribution in [0, 0.1) is 10.1 Å². The van der Waals surface area contributed by atoms with Crippen LogP contribution >= 0.6 is 11.6 Å². The van der Waals surface area contributed by atoms with Crippen molar-refractivity contribution in [3.05, 3.63) is 63.7 Å². The van der Waals surface area contributed by atoms with Crippen LogP contribution in [0.2, 0.25) is 5.02 Å². The topological polar surface area (TPSA) is 84.3 Å². The van der Waals surface area contributed by atoms with Gasteiger partial charge in [-0.05, 0) is 37.3 Å². The van der Waals surface area contributed by atoms with Crippen molar-refractivity contribution < 1.29 is 9.72 Å². The second kappa shape index (κ2) is 6.91. The average molecular weight is 320 g/mol.